The molecular formula is C28H33NO3. The molecule has 0 saturated heterocycles. The second-order valence-electron chi connectivity index (χ2n) is 7.96. The van der Waals surface area contributed by atoms with Gasteiger partial charge in [0.1, 0.15) is 17.8 Å². The average Bonchev–Trinajstić information content (AvgIpc) is 2.86. The quantitative estimate of drug-likeness (QED) is 0.277. The summed E-state index contributed by atoms with van der Waals surface area (Å²) in [6.45, 7) is 5.22. The van der Waals surface area contributed by atoms with Crippen LogP contribution in [0.2, 0.25) is 0 Å². The van der Waals surface area contributed by atoms with Crippen molar-refractivity contribution in [2.75, 3.05) is 18.6 Å². The second-order valence-corrected chi connectivity index (χ2v) is 7.96. The third-order valence-electron chi connectivity index (χ3n) is 5.74. The fourth-order valence-corrected chi connectivity index (χ4v) is 3.68. The molecule has 0 spiro atoms. The van der Waals surface area contributed by atoms with E-state index in [4.69, 9.17) is 9.47 Å². The van der Waals surface area contributed by atoms with Gasteiger partial charge in [-0.1, -0.05) is 33.1 Å². The number of ether oxygens (including phenoxy) is 2. The van der Waals surface area contributed by atoms with E-state index < -0.39 is 0 Å². The van der Waals surface area contributed by atoms with Crippen LogP contribution in [0.25, 0.3) is 0 Å². The summed E-state index contributed by atoms with van der Waals surface area (Å²) < 4.78 is 11.4. The summed E-state index contributed by atoms with van der Waals surface area (Å²) >= 11 is 0. The summed E-state index contributed by atoms with van der Waals surface area (Å²) in [4.78, 5) is 13.2. The van der Waals surface area contributed by atoms with Crippen LogP contribution in [0.4, 0.5) is 17.1 Å². The lowest BCUT2D eigenvalue weighted by molar-refractivity contribution is 0.112. The van der Waals surface area contributed by atoms with Gasteiger partial charge in [-0.05, 0) is 85.1 Å². The molecule has 1 atom stereocenters. The Balaban J connectivity index is 1.83. The predicted molar refractivity (Wildman–Crippen MR) is 132 cm³/mol. The van der Waals surface area contributed by atoms with Crippen molar-refractivity contribution >= 4 is 23.3 Å². The molecule has 0 amide bonds. The number of aldehydes is 1. The zero-order valence-electron chi connectivity index (χ0n) is 19.3. The van der Waals surface area contributed by atoms with Crippen molar-refractivity contribution in [3.05, 3.63) is 78.4 Å². The molecule has 168 valence electrons. The Labute approximate surface area is 191 Å². The highest BCUT2D eigenvalue weighted by Crippen LogP contribution is 2.36. The molecule has 0 bridgehead atoms. The molecule has 4 nitrogen and oxygen atoms in total. The molecule has 3 rings (SSSR count). The summed E-state index contributed by atoms with van der Waals surface area (Å²) in [5, 5.41) is 0. The van der Waals surface area contributed by atoms with Crippen LogP contribution in [0.3, 0.4) is 0 Å². The minimum atomic E-state index is 0.599. The van der Waals surface area contributed by atoms with Gasteiger partial charge in [0.2, 0.25) is 0 Å². The first kappa shape index (κ1) is 23.4. The molecule has 0 aromatic heterocycles. The first-order valence-corrected chi connectivity index (χ1v) is 11.4. The molecule has 0 aliphatic carbocycles. The lowest BCUT2D eigenvalue weighted by Crippen LogP contribution is -2.12. The van der Waals surface area contributed by atoms with Gasteiger partial charge in [0.25, 0.3) is 0 Å². The lowest BCUT2D eigenvalue weighted by atomic mass is 10.0. The molecule has 0 fully saturated rings. The van der Waals surface area contributed by atoms with Crippen LogP contribution in [0, 0.1) is 5.92 Å². The minimum absolute atomic E-state index is 0.599. The Morgan fingerprint density at radius 2 is 1.34 bits per heavy atom. The Bertz CT molecular complexity index is 949. The van der Waals surface area contributed by atoms with Gasteiger partial charge in [-0.2, -0.15) is 0 Å². The third-order valence-corrected chi connectivity index (χ3v) is 5.74. The van der Waals surface area contributed by atoms with E-state index in [-0.39, 0.29) is 0 Å². The molecule has 3 aromatic carbocycles. The van der Waals surface area contributed by atoms with Crippen molar-refractivity contribution in [2.45, 2.75) is 39.5 Å². The number of nitrogens with zero attached hydrogens (tertiary/aromatic N) is 1. The lowest BCUT2D eigenvalue weighted by Gasteiger charge is -2.26. The van der Waals surface area contributed by atoms with Crippen LogP contribution in [0.15, 0.2) is 72.8 Å². The van der Waals surface area contributed by atoms with Gasteiger partial charge in [0, 0.05) is 22.6 Å². The SMILES string of the molecule is CCCCC(CC)COc1ccc(N(c2ccc(C=O)cc2)c2ccc(OC)cc2)cc1. The summed E-state index contributed by atoms with van der Waals surface area (Å²) in [6, 6.07) is 23.7. The smallest absolute Gasteiger partial charge is 0.150 e. The molecule has 0 N–H and O–H groups in total. The van der Waals surface area contributed by atoms with Crippen LogP contribution >= 0.6 is 0 Å². The van der Waals surface area contributed by atoms with E-state index >= 15 is 0 Å². The van der Waals surface area contributed by atoms with Gasteiger partial charge in [-0.25, -0.2) is 0 Å². The van der Waals surface area contributed by atoms with Gasteiger partial charge < -0.3 is 14.4 Å². The maximum Gasteiger partial charge on any atom is 0.150 e. The molecule has 0 radical (unpaired) electrons. The Kier molecular flexibility index (Phi) is 8.73. The predicted octanol–water partition coefficient (Wildman–Crippen LogP) is 7.57. The van der Waals surface area contributed by atoms with Crippen LogP contribution in [0.1, 0.15) is 49.9 Å². The topological polar surface area (TPSA) is 38.8 Å². The Morgan fingerprint density at radius 1 is 0.812 bits per heavy atom. The maximum atomic E-state index is 11.1. The molecule has 4 heteroatoms. The largest absolute Gasteiger partial charge is 0.497 e. The molecule has 0 aliphatic heterocycles. The highest BCUT2D eigenvalue weighted by atomic mass is 16.5. The van der Waals surface area contributed by atoms with E-state index in [9.17, 15) is 4.79 Å². The zero-order valence-corrected chi connectivity index (χ0v) is 19.3. The number of carbonyl (C=O) groups excluding carboxylic acids is 1. The van der Waals surface area contributed by atoms with Gasteiger partial charge >= 0.3 is 0 Å². The highest BCUT2D eigenvalue weighted by molar-refractivity contribution is 5.80. The number of benzene rings is 3. The first-order chi connectivity index (χ1) is 15.7. The standard InChI is InChI=1S/C28H33NO3/c1-4-6-7-22(5-2)21-32-28-18-14-26(15-19-28)29(24-10-8-23(20-30)9-11-24)25-12-16-27(31-3)17-13-25/h8-20,22H,4-7,21H2,1-3H3. The van der Waals surface area contributed by atoms with Gasteiger partial charge in [-0.15, -0.1) is 0 Å². The normalized spacial score (nSPS) is 11.6. The molecule has 3 aromatic rings. The minimum Gasteiger partial charge on any atom is -0.497 e. The molecule has 0 saturated carbocycles. The Hall–Kier alpha value is -3.27. The van der Waals surface area contributed by atoms with E-state index in [0.29, 0.717) is 11.5 Å². The van der Waals surface area contributed by atoms with Crippen molar-refractivity contribution in [1.29, 1.82) is 0 Å². The number of unbranched alkanes of at least 4 members (excludes halogenated alkanes) is 1. The summed E-state index contributed by atoms with van der Waals surface area (Å²) in [7, 11) is 1.66. The number of carbonyl (C=O) groups is 1. The summed E-state index contributed by atoms with van der Waals surface area (Å²) in [5.74, 6) is 2.29. The van der Waals surface area contributed by atoms with Gasteiger partial charge in [-0.3, -0.25) is 4.79 Å². The van der Waals surface area contributed by atoms with E-state index in [2.05, 4.69) is 30.9 Å². The Morgan fingerprint density at radius 3 is 1.81 bits per heavy atom. The van der Waals surface area contributed by atoms with Crippen LogP contribution in [-0.4, -0.2) is 20.0 Å². The van der Waals surface area contributed by atoms with Gasteiger partial charge in [0.15, 0.2) is 0 Å². The molecule has 0 heterocycles. The monoisotopic (exact) mass is 431 g/mol. The van der Waals surface area contributed by atoms with E-state index in [0.717, 1.165) is 47.9 Å². The van der Waals surface area contributed by atoms with Crippen molar-refractivity contribution in [1.82, 2.24) is 0 Å². The summed E-state index contributed by atoms with van der Waals surface area (Å²) in [6.07, 6.45) is 5.69. The average molecular weight is 432 g/mol. The van der Waals surface area contributed by atoms with E-state index in [1.807, 2.05) is 60.7 Å². The van der Waals surface area contributed by atoms with Crippen molar-refractivity contribution < 1.29 is 14.3 Å². The second kappa shape index (κ2) is 11.9. The zero-order chi connectivity index (χ0) is 22.8. The van der Waals surface area contributed by atoms with E-state index in [1.54, 1.807) is 7.11 Å². The van der Waals surface area contributed by atoms with Crippen LogP contribution in [0.5, 0.6) is 11.5 Å². The highest BCUT2D eigenvalue weighted by Gasteiger charge is 2.13. The van der Waals surface area contributed by atoms with E-state index in [1.165, 1.54) is 19.3 Å². The van der Waals surface area contributed by atoms with Crippen molar-refractivity contribution in [3.63, 3.8) is 0 Å². The van der Waals surface area contributed by atoms with Crippen LogP contribution < -0.4 is 14.4 Å². The number of anilines is 3. The molecular weight excluding hydrogens is 398 g/mol. The number of rotatable bonds is 12. The number of hydrogen-bond donors (Lipinski definition) is 0. The molecule has 32 heavy (non-hydrogen) atoms. The van der Waals surface area contributed by atoms with Crippen LogP contribution in [-0.2, 0) is 0 Å². The fraction of sp³-hybridized carbons (Fsp3) is 0.321. The summed E-state index contributed by atoms with van der Waals surface area (Å²) in [5.41, 5.74) is 3.64. The third kappa shape index (κ3) is 6.13. The number of methoxy groups -OCH3 is 1. The van der Waals surface area contributed by atoms with Crippen molar-refractivity contribution in [2.24, 2.45) is 5.92 Å². The number of hydrogen-bond acceptors (Lipinski definition) is 4. The molecule has 1 unspecified atom stereocenters. The fourth-order valence-electron chi connectivity index (χ4n) is 3.68. The van der Waals surface area contributed by atoms with Gasteiger partial charge in [0.05, 0.1) is 13.7 Å². The maximum absolute atomic E-state index is 11.1. The first-order valence-electron chi connectivity index (χ1n) is 11.4. The molecule has 0 aliphatic rings. The van der Waals surface area contributed by atoms with Crippen molar-refractivity contribution in [3.8, 4) is 11.5 Å².